The van der Waals surface area contributed by atoms with E-state index in [-0.39, 0.29) is 5.92 Å². The Kier molecular flexibility index (Phi) is 3.78. The van der Waals surface area contributed by atoms with Crippen LogP contribution in [0.3, 0.4) is 0 Å². The number of carboxylic acids is 1. The van der Waals surface area contributed by atoms with E-state index >= 15 is 0 Å². The number of pyridine rings is 1. The molecule has 1 aliphatic rings. The second-order valence-corrected chi connectivity index (χ2v) is 5.83. The fourth-order valence-corrected chi connectivity index (χ4v) is 2.17. The molecule has 2 rings (SSSR count). The zero-order valence-electron chi connectivity index (χ0n) is 11.9. The Bertz CT molecular complexity index is 479. The lowest BCUT2D eigenvalue weighted by Crippen LogP contribution is -2.16. The van der Waals surface area contributed by atoms with Crippen molar-refractivity contribution in [2.24, 2.45) is 5.41 Å². The predicted molar refractivity (Wildman–Crippen MR) is 75.7 cm³/mol. The summed E-state index contributed by atoms with van der Waals surface area (Å²) in [5.41, 5.74) is 1.55. The SMILES string of the molecule is CCC1(CNc2cc(C(=O)O)cc(C(C)C)n2)CC1. The fraction of sp³-hybridized carbons (Fsp3) is 0.600. The van der Waals surface area contributed by atoms with Crippen molar-refractivity contribution in [2.75, 3.05) is 11.9 Å². The van der Waals surface area contributed by atoms with E-state index in [0.717, 1.165) is 18.7 Å². The van der Waals surface area contributed by atoms with Gasteiger partial charge in [-0.05, 0) is 42.7 Å². The first-order valence-corrected chi connectivity index (χ1v) is 6.95. The third-order valence-corrected chi connectivity index (χ3v) is 4.04. The third kappa shape index (κ3) is 3.25. The molecule has 0 atom stereocenters. The van der Waals surface area contributed by atoms with Gasteiger partial charge in [0.15, 0.2) is 0 Å². The molecule has 19 heavy (non-hydrogen) atoms. The number of hydrogen-bond acceptors (Lipinski definition) is 3. The Labute approximate surface area is 114 Å². The maximum absolute atomic E-state index is 11.1. The van der Waals surface area contributed by atoms with Gasteiger partial charge in [-0.25, -0.2) is 9.78 Å². The van der Waals surface area contributed by atoms with Gasteiger partial charge in [-0.3, -0.25) is 0 Å². The van der Waals surface area contributed by atoms with Gasteiger partial charge >= 0.3 is 5.97 Å². The number of hydrogen-bond donors (Lipinski definition) is 2. The lowest BCUT2D eigenvalue weighted by molar-refractivity contribution is 0.0696. The number of carbonyl (C=O) groups is 1. The van der Waals surface area contributed by atoms with Crippen LogP contribution < -0.4 is 5.32 Å². The molecule has 2 N–H and O–H groups in total. The first-order chi connectivity index (χ1) is 8.96. The Morgan fingerprint density at radius 3 is 2.63 bits per heavy atom. The van der Waals surface area contributed by atoms with Crippen LogP contribution in [-0.2, 0) is 0 Å². The van der Waals surface area contributed by atoms with E-state index < -0.39 is 5.97 Å². The quantitative estimate of drug-likeness (QED) is 0.823. The summed E-state index contributed by atoms with van der Waals surface area (Å²) in [5.74, 6) is 0.00760. The minimum absolute atomic E-state index is 0.223. The summed E-state index contributed by atoms with van der Waals surface area (Å²) in [4.78, 5) is 15.6. The standard InChI is InChI=1S/C15H22N2O2/c1-4-15(5-6-15)9-16-13-8-11(14(18)19)7-12(17-13)10(2)3/h7-8,10H,4-6,9H2,1-3H3,(H,16,17)(H,18,19). The zero-order valence-corrected chi connectivity index (χ0v) is 11.9. The van der Waals surface area contributed by atoms with E-state index in [1.165, 1.54) is 12.8 Å². The molecular weight excluding hydrogens is 240 g/mol. The molecule has 1 heterocycles. The second-order valence-electron chi connectivity index (χ2n) is 5.83. The molecule has 1 aromatic heterocycles. The normalized spacial score (nSPS) is 16.4. The molecule has 1 aromatic rings. The van der Waals surface area contributed by atoms with Crippen LogP contribution in [0.1, 0.15) is 62.0 Å². The first-order valence-electron chi connectivity index (χ1n) is 6.95. The van der Waals surface area contributed by atoms with E-state index in [4.69, 9.17) is 5.11 Å². The molecule has 0 bridgehead atoms. The van der Waals surface area contributed by atoms with Gasteiger partial charge < -0.3 is 10.4 Å². The zero-order chi connectivity index (χ0) is 14.0. The number of nitrogens with zero attached hydrogens (tertiary/aromatic N) is 1. The van der Waals surface area contributed by atoms with Crippen molar-refractivity contribution in [3.8, 4) is 0 Å². The van der Waals surface area contributed by atoms with Crippen LogP contribution in [0.15, 0.2) is 12.1 Å². The second kappa shape index (κ2) is 5.19. The van der Waals surface area contributed by atoms with Crippen LogP contribution in [0.4, 0.5) is 5.82 Å². The minimum Gasteiger partial charge on any atom is -0.478 e. The summed E-state index contributed by atoms with van der Waals surface area (Å²) in [7, 11) is 0. The number of aromatic carboxylic acids is 1. The van der Waals surface area contributed by atoms with Crippen LogP contribution in [0.2, 0.25) is 0 Å². The van der Waals surface area contributed by atoms with Crippen molar-refractivity contribution in [2.45, 2.75) is 46.0 Å². The molecular formula is C15H22N2O2. The lowest BCUT2D eigenvalue weighted by Gasteiger charge is -2.15. The summed E-state index contributed by atoms with van der Waals surface area (Å²) in [6.07, 6.45) is 3.67. The summed E-state index contributed by atoms with van der Waals surface area (Å²) in [6.45, 7) is 7.13. The van der Waals surface area contributed by atoms with Gasteiger partial charge in [0, 0.05) is 12.2 Å². The van der Waals surface area contributed by atoms with Gasteiger partial charge in [0.1, 0.15) is 5.82 Å². The van der Waals surface area contributed by atoms with Crippen LogP contribution in [0, 0.1) is 5.41 Å². The topological polar surface area (TPSA) is 62.2 Å². The van der Waals surface area contributed by atoms with Gasteiger partial charge in [-0.15, -0.1) is 0 Å². The van der Waals surface area contributed by atoms with Crippen molar-refractivity contribution in [1.82, 2.24) is 4.98 Å². The Morgan fingerprint density at radius 1 is 1.47 bits per heavy atom. The summed E-state index contributed by atoms with van der Waals surface area (Å²) in [6, 6.07) is 3.28. The van der Waals surface area contributed by atoms with Gasteiger partial charge in [-0.2, -0.15) is 0 Å². The highest BCUT2D eigenvalue weighted by Crippen LogP contribution is 2.48. The molecule has 0 aliphatic heterocycles. The highest BCUT2D eigenvalue weighted by molar-refractivity contribution is 5.88. The number of aromatic nitrogens is 1. The molecule has 4 nitrogen and oxygen atoms in total. The van der Waals surface area contributed by atoms with Crippen molar-refractivity contribution in [1.29, 1.82) is 0 Å². The Balaban J connectivity index is 2.16. The summed E-state index contributed by atoms with van der Waals surface area (Å²) in [5, 5.41) is 12.5. The van der Waals surface area contributed by atoms with Crippen LogP contribution in [-0.4, -0.2) is 22.6 Å². The Hall–Kier alpha value is -1.58. The highest BCUT2D eigenvalue weighted by Gasteiger charge is 2.40. The third-order valence-electron chi connectivity index (χ3n) is 4.04. The van der Waals surface area contributed by atoms with E-state index in [1.807, 2.05) is 13.8 Å². The Morgan fingerprint density at radius 2 is 2.16 bits per heavy atom. The maximum atomic E-state index is 11.1. The largest absolute Gasteiger partial charge is 0.478 e. The lowest BCUT2D eigenvalue weighted by atomic mass is 10.0. The van der Waals surface area contributed by atoms with Gasteiger partial charge in [0.2, 0.25) is 0 Å². The van der Waals surface area contributed by atoms with E-state index in [1.54, 1.807) is 12.1 Å². The average molecular weight is 262 g/mol. The molecule has 0 unspecified atom stereocenters. The molecule has 0 radical (unpaired) electrons. The molecule has 104 valence electrons. The molecule has 1 aliphatic carbocycles. The van der Waals surface area contributed by atoms with E-state index in [9.17, 15) is 4.79 Å². The molecule has 0 saturated heterocycles. The van der Waals surface area contributed by atoms with Crippen molar-refractivity contribution in [3.05, 3.63) is 23.4 Å². The number of rotatable bonds is 6. The molecule has 4 heteroatoms. The number of anilines is 1. The highest BCUT2D eigenvalue weighted by atomic mass is 16.4. The van der Waals surface area contributed by atoms with Crippen LogP contribution in [0.25, 0.3) is 0 Å². The van der Waals surface area contributed by atoms with Crippen molar-refractivity contribution < 1.29 is 9.90 Å². The summed E-state index contributed by atoms with van der Waals surface area (Å²) >= 11 is 0. The van der Waals surface area contributed by atoms with E-state index in [0.29, 0.717) is 16.8 Å². The van der Waals surface area contributed by atoms with Crippen molar-refractivity contribution in [3.63, 3.8) is 0 Å². The molecule has 1 saturated carbocycles. The monoisotopic (exact) mass is 262 g/mol. The predicted octanol–water partition coefficient (Wildman–Crippen LogP) is 3.51. The molecule has 0 spiro atoms. The van der Waals surface area contributed by atoms with Crippen LogP contribution in [0.5, 0.6) is 0 Å². The van der Waals surface area contributed by atoms with Gasteiger partial charge in [0.05, 0.1) is 5.56 Å². The fourth-order valence-electron chi connectivity index (χ4n) is 2.17. The van der Waals surface area contributed by atoms with Gasteiger partial charge in [-0.1, -0.05) is 20.8 Å². The molecule has 1 fully saturated rings. The first kappa shape index (κ1) is 13.8. The number of carboxylic acid groups (broad SMARTS) is 1. The molecule has 0 aromatic carbocycles. The van der Waals surface area contributed by atoms with Crippen LogP contribution >= 0.6 is 0 Å². The van der Waals surface area contributed by atoms with Crippen molar-refractivity contribution >= 4 is 11.8 Å². The van der Waals surface area contributed by atoms with Gasteiger partial charge in [0.25, 0.3) is 0 Å². The average Bonchev–Trinajstić information content (AvgIpc) is 3.16. The summed E-state index contributed by atoms with van der Waals surface area (Å²) < 4.78 is 0. The number of nitrogens with one attached hydrogen (secondary N) is 1. The smallest absolute Gasteiger partial charge is 0.335 e. The maximum Gasteiger partial charge on any atom is 0.335 e. The minimum atomic E-state index is -0.899. The van der Waals surface area contributed by atoms with E-state index in [2.05, 4.69) is 17.2 Å². The molecule has 0 amide bonds.